The summed E-state index contributed by atoms with van der Waals surface area (Å²) in [6, 6.07) is 3.08. The lowest BCUT2D eigenvalue weighted by Crippen LogP contribution is -2.25. The molecule has 1 aromatic rings. The third-order valence-corrected chi connectivity index (χ3v) is 3.60. The van der Waals surface area contributed by atoms with Gasteiger partial charge in [0.15, 0.2) is 0 Å². The van der Waals surface area contributed by atoms with E-state index in [-0.39, 0.29) is 17.9 Å². The van der Waals surface area contributed by atoms with Crippen molar-refractivity contribution in [1.29, 1.82) is 0 Å². The normalized spacial score (nSPS) is 11.4. The fraction of sp³-hybridized carbons (Fsp3) is 0.500. The molecule has 0 aliphatic rings. The fourth-order valence-corrected chi connectivity index (χ4v) is 2.03. The number of rotatable bonds is 6. The molecule has 0 bridgehead atoms. The second kappa shape index (κ2) is 7.16. The van der Waals surface area contributed by atoms with Crippen LogP contribution in [0.5, 0.6) is 0 Å². The van der Waals surface area contributed by atoms with Crippen molar-refractivity contribution in [2.75, 3.05) is 17.7 Å². The van der Waals surface area contributed by atoms with E-state index in [1.165, 1.54) is 0 Å². The highest BCUT2D eigenvalue weighted by atomic mass is 35.5. The van der Waals surface area contributed by atoms with E-state index < -0.39 is 0 Å². The van der Waals surface area contributed by atoms with Crippen molar-refractivity contribution in [3.05, 3.63) is 22.2 Å². The zero-order valence-corrected chi connectivity index (χ0v) is 13.4. The maximum Gasteiger partial charge on any atom is 0.226 e. The van der Waals surface area contributed by atoms with Crippen LogP contribution in [0.2, 0.25) is 10.0 Å². The minimum absolute atomic E-state index is 0.203. The van der Waals surface area contributed by atoms with Crippen LogP contribution in [0, 0.1) is 0 Å². The molecule has 0 aliphatic heterocycles. The summed E-state index contributed by atoms with van der Waals surface area (Å²) in [6.45, 7) is 6.35. The molecule has 1 amide bonds. The number of carbonyl (C=O) groups is 1. The highest BCUT2D eigenvalue weighted by Crippen LogP contribution is 2.32. The molecule has 112 valence electrons. The summed E-state index contributed by atoms with van der Waals surface area (Å²) in [7, 11) is 0. The van der Waals surface area contributed by atoms with Crippen molar-refractivity contribution < 1.29 is 9.53 Å². The molecule has 1 rings (SSSR count). The summed E-state index contributed by atoms with van der Waals surface area (Å²) in [5.74, 6) is -0.203. The number of anilines is 2. The minimum atomic E-state index is -0.225. The Morgan fingerprint density at radius 1 is 1.35 bits per heavy atom. The van der Waals surface area contributed by atoms with E-state index in [1.807, 2.05) is 20.8 Å². The van der Waals surface area contributed by atoms with Crippen molar-refractivity contribution in [3.8, 4) is 0 Å². The Kier molecular flexibility index (Phi) is 6.11. The number of nitrogen functional groups attached to an aromatic ring is 1. The van der Waals surface area contributed by atoms with Crippen LogP contribution >= 0.6 is 23.2 Å². The first-order valence-electron chi connectivity index (χ1n) is 6.43. The Hall–Kier alpha value is -0.970. The number of halogens is 2. The standard InChI is InChI=1S/C14H20Cl2N2O2/c1-4-14(2,3)20-6-5-12(19)18-13-10(15)7-9(17)8-11(13)16/h7-8H,4-6,17H2,1-3H3,(H,18,19). The Labute approximate surface area is 129 Å². The third-order valence-electron chi connectivity index (χ3n) is 3.00. The molecule has 0 radical (unpaired) electrons. The van der Waals surface area contributed by atoms with Gasteiger partial charge in [-0.2, -0.15) is 0 Å². The molecule has 0 saturated carbocycles. The molecule has 0 spiro atoms. The number of ether oxygens (including phenoxy) is 1. The number of nitrogens with two attached hydrogens (primary N) is 1. The molecule has 0 fully saturated rings. The Morgan fingerprint density at radius 3 is 2.40 bits per heavy atom. The van der Waals surface area contributed by atoms with Gasteiger partial charge in [-0.1, -0.05) is 30.1 Å². The Balaban J connectivity index is 2.55. The van der Waals surface area contributed by atoms with Gasteiger partial charge in [-0.3, -0.25) is 4.79 Å². The molecule has 3 N–H and O–H groups in total. The van der Waals surface area contributed by atoms with Gasteiger partial charge in [0, 0.05) is 5.69 Å². The van der Waals surface area contributed by atoms with Gasteiger partial charge < -0.3 is 15.8 Å². The zero-order valence-electron chi connectivity index (χ0n) is 11.9. The molecular weight excluding hydrogens is 299 g/mol. The highest BCUT2D eigenvalue weighted by molar-refractivity contribution is 6.40. The average Bonchev–Trinajstić information content (AvgIpc) is 2.33. The quantitative estimate of drug-likeness (QED) is 0.776. The predicted molar refractivity (Wildman–Crippen MR) is 84.4 cm³/mol. The Bertz CT molecular complexity index is 467. The lowest BCUT2D eigenvalue weighted by molar-refractivity contribution is -0.118. The summed E-state index contributed by atoms with van der Waals surface area (Å²) >= 11 is 12.0. The topological polar surface area (TPSA) is 64.3 Å². The molecule has 0 saturated heterocycles. The first-order valence-corrected chi connectivity index (χ1v) is 7.19. The maximum atomic E-state index is 11.8. The smallest absolute Gasteiger partial charge is 0.226 e. The van der Waals surface area contributed by atoms with E-state index in [0.717, 1.165) is 6.42 Å². The molecule has 0 aliphatic carbocycles. The van der Waals surface area contributed by atoms with E-state index in [2.05, 4.69) is 5.32 Å². The zero-order chi connectivity index (χ0) is 15.3. The van der Waals surface area contributed by atoms with Gasteiger partial charge >= 0.3 is 0 Å². The SMILES string of the molecule is CCC(C)(C)OCCC(=O)Nc1c(Cl)cc(N)cc1Cl. The molecule has 20 heavy (non-hydrogen) atoms. The maximum absolute atomic E-state index is 11.8. The molecule has 4 nitrogen and oxygen atoms in total. The minimum Gasteiger partial charge on any atom is -0.399 e. The number of hydrogen-bond donors (Lipinski definition) is 2. The van der Waals surface area contributed by atoms with Crippen LogP contribution in [0.4, 0.5) is 11.4 Å². The third kappa shape index (κ3) is 5.19. The van der Waals surface area contributed by atoms with E-state index in [1.54, 1.807) is 12.1 Å². The molecule has 6 heteroatoms. The number of amides is 1. The van der Waals surface area contributed by atoms with Gasteiger partial charge in [0.1, 0.15) is 0 Å². The van der Waals surface area contributed by atoms with Crippen LogP contribution in [0.15, 0.2) is 12.1 Å². The molecule has 0 unspecified atom stereocenters. The van der Waals surface area contributed by atoms with Crippen LogP contribution in [0.3, 0.4) is 0 Å². The van der Waals surface area contributed by atoms with Gasteiger partial charge in [0.2, 0.25) is 5.91 Å². The van der Waals surface area contributed by atoms with Gasteiger partial charge in [-0.05, 0) is 32.4 Å². The largest absolute Gasteiger partial charge is 0.399 e. The predicted octanol–water partition coefficient (Wildman–Crippen LogP) is 4.11. The van der Waals surface area contributed by atoms with E-state index in [9.17, 15) is 4.79 Å². The monoisotopic (exact) mass is 318 g/mol. The second-order valence-electron chi connectivity index (χ2n) is 5.12. The van der Waals surface area contributed by atoms with E-state index in [0.29, 0.717) is 28.0 Å². The second-order valence-corrected chi connectivity index (χ2v) is 5.93. The van der Waals surface area contributed by atoms with E-state index in [4.69, 9.17) is 33.7 Å². The number of benzene rings is 1. The van der Waals surface area contributed by atoms with E-state index >= 15 is 0 Å². The molecule has 0 atom stereocenters. The van der Waals surface area contributed by atoms with Crippen LogP contribution in [0.25, 0.3) is 0 Å². The van der Waals surface area contributed by atoms with Gasteiger partial charge in [-0.25, -0.2) is 0 Å². The summed E-state index contributed by atoms with van der Waals surface area (Å²) in [5, 5.41) is 3.31. The van der Waals surface area contributed by atoms with Crippen LogP contribution in [-0.2, 0) is 9.53 Å². The van der Waals surface area contributed by atoms with Crippen molar-refractivity contribution in [2.24, 2.45) is 0 Å². The molecule has 1 aromatic carbocycles. The van der Waals surface area contributed by atoms with Crippen molar-refractivity contribution in [1.82, 2.24) is 0 Å². The first kappa shape index (κ1) is 17.1. The number of carbonyl (C=O) groups excluding carboxylic acids is 1. The summed E-state index contributed by atoms with van der Waals surface area (Å²) < 4.78 is 5.62. The highest BCUT2D eigenvalue weighted by Gasteiger charge is 2.16. The van der Waals surface area contributed by atoms with Gasteiger partial charge in [-0.15, -0.1) is 0 Å². The van der Waals surface area contributed by atoms with Gasteiger partial charge in [0.05, 0.1) is 34.4 Å². The van der Waals surface area contributed by atoms with Crippen LogP contribution in [-0.4, -0.2) is 18.1 Å². The fourth-order valence-electron chi connectivity index (χ4n) is 1.44. The van der Waals surface area contributed by atoms with Crippen molar-refractivity contribution in [3.63, 3.8) is 0 Å². The van der Waals surface area contributed by atoms with Crippen LogP contribution in [0.1, 0.15) is 33.6 Å². The molecular formula is C14H20Cl2N2O2. The first-order chi connectivity index (χ1) is 9.25. The van der Waals surface area contributed by atoms with Crippen molar-refractivity contribution >= 4 is 40.5 Å². The lowest BCUT2D eigenvalue weighted by Gasteiger charge is -2.23. The molecule has 0 aromatic heterocycles. The number of hydrogen-bond acceptors (Lipinski definition) is 3. The molecule has 0 heterocycles. The van der Waals surface area contributed by atoms with Crippen molar-refractivity contribution in [2.45, 2.75) is 39.2 Å². The van der Waals surface area contributed by atoms with Gasteiger partial charge in [0.25, 0.3) is 0 Å². The number of nitrogens with one attached hydrogen (secondary N) is 1. The summed E-state index contributed by atoms with van der Waals surface area (Å²) in [6.07, 6.45) is 1.12. The lowest BCUT2D eigenvalue weighted by atomic mass is 10.1. The summed E-state index contributed by atoms with van der Waals surface area (Å²) in [4.78, 5) is 11.8. The van der Waals surface area contributed by atoms with Crippen LogP contribution < -0.4 is 11.1 Å². The average molecular weight is 319 g/mol. The summed E-state index contributed by atoms with van der Waals surface area (Å²) in [5.41, 5.74) is 6.20. The Morgan fingerprint density at radius 2 is 1.90 bits per heavy atom.